The van der Waals surface area contributed by atoms with Crippen LogP contribution in [0.3, 0.4) is 0 Å². The highest BCUT2D eigenvalue weighted by atomic mass is 32.1. The molecule has 1 N–H and O–H groups in total. The molecule has 1 aliphatic rings. The maximum atomic E-state index is 12.7. The van der Waals surface area contributed by atoms with Crippen LogP contribution in [0.1, 0.15) is 47.4 Å². The van der Waals surface area contributed by atoms with E-state index in [-0.39, 0.29) is 36.4 Å². The average molecular weight is 586 g/mol. The molecule has 1 aromatic heterocycles. The van der Waals surface area contributed by atoms with Crippen molar-refractivity contribution in [1.82, 2.24) is 9.27 Å². The molecule has 0 radical (unpaired) electrons. The summed E-state index contributed by atoms with van der Waals surface area (Å²) in [6.07, 6.45) is 0.823. The van der Waals surface area contributed by atoms with E-state index in [2.05, 4.69) is 24.8 Å². The number of benzene rings is 3. The molecule has 3 amide bonds. The van der Waals surface area contributed by atoms with Crippen molar-refractivity contribution in [2.24, 2.45) is 10.2 Å². The minimum absolute atomic E-state index is 0.0675. The van der Waals surface area contributed by atoms with Crippen LogP contribution < -0.4 is 10.2 Å². The van der Waals surface area contributed by atoms with Crippen molar-refractivity contribution < 1.29 is 19.3 Å². The van der Waals surface area contributed by atoms with Crippen LogP contribution in [0, 0.1) is 10.1 Å². The van der Waals surface area contributed by atoms with E-state index in [4.69, 9.17) is 0 Å². The fourth-order valence-corrected chi connectivity index (χ4v) is 5.36. The summed E-state index contributed by atoms with van der Waals surface area (Å²) in [5, 5.41) is 23.7. The van der Waals surface area contributed by atoms with Crippen molar-refractivity contribution >= 4 is 67.9 Å². The third-order valence-corrected chi connectivity index (χ3v) is 7.67. The maximum Gasteiger partial charge on any atom is 0.270 e. The van der Waals surface area contributed by atoms with Crippen LogP contribution >= 0.6 is 11.5 Å². The van der Waals surface area contributed by atoms with Gasteiger partial charge in [-0.25, -0.2) is 0 Å². The highest BCUT2D eigenvalue weighted by molar-refractivity contribution is 7.11. The van der Waals surface area contributed by atoms with Gasteiger partial charge in [0.05, 0.1) is 27.3 Å². The van der Waals surface area contributed by atoms with Crippen LogP contribution in [0.5, 0.6) is 0 Å². The Bertz CT molecular complexity index is 1700. The third kappa shape index (κ3) is 5.72. The molecule has 42 heavy (non-hydrogen) atoms. The van der Waals surface area contributed by atoms with Crippen LogP contribution in [0.2, 0.25) is 0 Å². The lowest BCUT2D eigenvalue weighted by molar-refractivity contribution is -0.384. The van der Waals surface area contributed by atoms with E-state index in [1.54, 1.807) is 43.3 Å². The summed E-state index contributed by atoms with van der Waals surface area (Å²) < 4.78 is 4.29. The van der Waals surface area contributed by atoms with E-state index < -0.39 is 4.92 Å². The van der Waals surface area contributed by atoms with E-state index >= 15 is 0 Å². The van der Waals surface area contributed by atoms with Crippen LogP contribution in [-0.4, -0.2) is 51.6 Å². The molecule has 13 heteroatoms. The number of rotatable bonds is 11. The van der Waals surface area contributed by atoms with E-state index in [1.807, 2.05) is 19.1 Å². The highest BCUT2D eigenvalue weighted by Gasteiger charge is 2.34. The van der Waals surface area contributed by atoms with Gasteiger partial charge in [0.1, 0.15) is 5.69 Å². The predicted molar refractivity (Wildman–Crippen MR) is 160 cm³/mol. The number of fused-ring (bicyclic) bond motifs is 2. The van der Waals surface area contributed by atoms with E-state index in [9.17, 15) is 24.5 Å². The molecule has 0 spiro atoms. The van der Waals surface area contributed by atoms with Crippen molar-refractivity contribution in [2.75, 3.05) is 29.9 Å². The summed E-state index contributed by atoms with van der Waals surface area (Å²) in [5.41, 5.74) is 3.07. The number of aromatic nitrogens is 1. The minimum atomic E-state index is -0.478. The lowest BCUT2D eigenvalue weighted by Gasteiger charge is -2.25. The summed E-state index contributed by atoms with van der Waals surface area (Å²) in [5.74, 6) is -0.751. The molecule has 4 aromatic rings. The molecular formula is C29H27N7O5S. The molecule has 0 bridgehead atoms. The second kappa shape index (κ2) is 12.2. The number of carbonyl (C=O) groups excluding carboxylic acids is 3. The molecule has 0 saturated carbocycles. The number of anilines is 2. The first kappa shape index (κ1) is 28.5. The first-order valence-corrected chi connectivity index (χ1v) is 14.2. The standard InChI is InChI=1S/C29H27N7O5S/c1-3-26(37)30-25-17-18(34(4-2)14-7-15-35-28(38)20-8-5-6-9-21(20)29(35)39)10-13-24(25)31-32-27-22-16-19(36(40)41)11-12-23(22)33-42-27/h5-6,8-13,16-17H,3-4,7,14-15H2,1-2H3,(H,30,37). The molecular weight excluding hydrogens is 558 g/mol. The van der Waals surface area contributed by atoms with Gasteiger partial charge in [-0.3, -0.25) is 29.4 Å². The van der Waals surface area contributed by atoms with Gasteiger partial charge in [0.15, 0.2) is 5.00 Å². The molecule has 0 aliphatic carbocycles. The van der Waals surface area contributed by atoms with Gasteiger partial charge >= 0.3 is 0 Å². The Kier molecular flexibility index (Phi) is 8.29. The molecule has 0 fully saturated rings. The number of nitro groups is 1. The highest BCUT2D eigenvalue weighted by Crippen LogP contribution is 2.36. The lowest BCUT2D eigenvalue weighted by atomic mass is 10.1. The number of hydrogen-bond donors (Lipinski definition) is 1. The first-order valence-electron chi connectivity index (χ1n) is 13.4. The largest absolute Gasteiger partial charge is 0.372 e. The van der Waals surface area contributed by atoms with Crippen LogP contribution in [-0.2, 0) is 4.79 Å². The number of nitro benzene ring substituents is 1. The number of imide groups is 1. The number of amides is 3. The fraction of sp³-hybridized carbons (Fsp3) is 0.241. The Morgan fingerprint density at radius 2 is 1.79 bits per heavy atom. The van der Waals surface area contributed by atoms with Crippen molar-refractivity contribution in [3.8, 4) is 0 Å². The zero-order valence-corrected chi connectivity index (χ0v) is 23.8. The monoisotopic (exact) mass is 585 g/mol. The van der Waals surface area contributed by atoms with E-state index in [0.29, 0.717) is 57.9 Å². The SMILES string of the molecule is CCC(=O)Nc1cc(N(CC)CCCN2C(=O)c3ccccc3C2=O)ccc1N=Nc1snc2ccc([N+](=O)[O-])cc12. The summed E-state index contributed by atoms with van der Waals surface area (Å²) in [4.78, 5) is 51.8. The summed E-state index contributed by atoms with van der Waals surface area (Å²) >= 11 is 1.07. The van der Waals surface area contributed by atoms with Gasteiger partial charge in [0, 0.05) is 49.3 Å². The number of carbonyl (C=O) groups is 3. The molecule has 0 unspecified atom stereocenters. The Labute approximate surface area is 245 Å². The third-order valence-electron chi connectivity index (χ3n) is 6.91. The Morgan fingerprint density at radius 1 is 1.05 bits per heavy atom. The first-order chi connectivity index (χ1) is 20.3. The molecule has 0 saturated heterocycles. The second-order valence-corrected chi connectivity index (χ2v) is 10.2. The molecule has 12 nitrogen and oxygen atoms in total. The van der Waals surface area contributed by atoms with Gasteiger partial charge in [-0.2, -0.15) is 4.37 Å². The molecule has 214 valence electrons. The smallest absolute Gasteiger partial charge is 0.270 e. The quantitative estimate of drug-likeness (QED) is 0.0915. The van der Waals surface area contributed by atoms with Crippen molar-refractivity contribution in [3.05, 3.63) is 81.9 Å². The molecule has 1 aliphatic heterocycles. The van der Waals surface area contributed by atoms with Gasteiger partial charge < -0.3 is 10.2 Å². The van der Waals surface area contributed by atoms with Crippen molar-refractivity contribution in [3.63, 3.8) is 0 Å². The zero-order valence-electron chi connectivity index (χ0n) is 22.9. The van der Waals surface area contributed by atoms with Gasteiger partial charge in [-0.1, -0.05) is 19.1 Å². The van der Waals surface area contributed by atoms with E-state index in [0.717, 1.165) is 17.2 Å². The van der Waals surface area contributed by atoms with Gasteiger partial charge in [-0.15, -0.1) is 10.2 Å². The van der Waals surface area contributed by atoms with Crippen LogP contribution in [0.25, 0.3) is 10.9 Å². The van der Waals surface area contributed by atoms with Crippen LogP contribution in [0.15, 0.2) is 70.9 Å². The number of nitrogens with one attached hydrogen (secondary N) is 1. The number of nitrogens with zero attached hydrogens (tertiary/aromatic N) is 6. The average Bonchev–Trinajstić information content (AvgIpc) is 3.52. The topological polar surface area (TPSA) is 150 Å². The maximum absolute atomic E-state index is 12.7. The Hall–Kier alpha value is -5.04. The predicted octanol–water partition coefficient (Wildman–Crippen LogP) is 6.48. The second-order valence-electron chi connectivity index (χ2n) is 9.49. The van der Waals surface area contributed by atoms with Gasteiger partial charge in [0.25, 0.3) is 17.5 Å². The summed E-state index contributed by atoms with van der Waals surface area (Å²) in [7, 11) is 0. The minimum Gasteiger partial charge on any atom is -0.372 e. The van der Waals surface area contributed by atoms with Crippen molar-refractivity contribution in [2.45, 2.75) is 26.7 Å². The van der Waals surface area contributed by atoms with Gasteiger partial charge in [-0.05, 0) is 61.3 Å². The van der Waals surface area contributed by atoms with Crippen LogP contribution in [0.4, 0.5) is 27.8 Å². The lowest BCUT2D eigenvalue weighted by Crippen LogP contribution is -2.33. The molecule has 2 heterocycles. The Balaban J connectivity index is 1.34. The van der Waals surface area contributed by atoms with E-state index in [1.165, 1.54) is 17.0 Å². The summed E-state index contributed by atoms with van der Waals surface area (Å²) in [6.45, 7) is 5.24. The summed E-state index contributed by atoms with van der Waals surface area (Å²) in [6, 6.07) is 16.6. The zero-order chi connectivity index (χ0) is 29.8. The van der Waals surface area contributed by atoms with Crippen molar-refractivity contribution in [1.29, 1.82) is 0 Å². The number of non-ortho nitro benzene ring substituents is 1. The molecule has 3 aromatic carbocycles. The molecule has 0 atom stereocenters. The number of hydrogen-bond acceptors (Lipinski definition) is 10. The fourth-order valence-electron chi connectivity index (χ4n) is 4.68. The van der Waals surface area contributed by atoms with Gasteiger partial charge in [0.2, 0.25) is 5.91 Å². The normalized spacial score (nSPS) is 12.8. The Morgan fingerprint density at radius 3 is 2.45 bits per heavy atom. The molecule has 5 rings (SSSR count). The number of azo groups is 1.